The summed E-state index contributed by atoms with van der Waals surface area (Å²) in [6.45, 7) is 8.78. The van der Waals surface area contributed by atoms with Gasteiger partial charge >= 0.3 is 0 Å². The Labute approximate surface area is 120 Å². The lowest BCUT2D eigenvalue weighted by molar-refractivity contribution is 0.438. The molecule has 1 heterocycles. The summed E-state index contributed by atoms with van der Waals surface area (Å²) in [5.41, 5.74) is 0.918. The molecule has 2 rings (SSSR count). The maximum absolute atomic E-state index is 5.98. The van der Waals surface area contributed by atoms with Crippen LogP contribution in [0, 0.1) is 11.8 Å². The number of fused-ring (bicyclic) bond motifs is 1. The molecular weight excluding hydrogens is 258 g/mol. The molecule has 19 heavy (non-hydrogen) atoms. The van der Waals surface area contributed by atoms with Gasteiger partial charge in [0.25, 0.3) is 0 Å². The van der Waals surface area contributed by atoms with Gasteiger partial charge in [-0.1, -0.05) is 32.4 Å². The molecule has 2 nitrogen and oxygen atoms in total. The molecule has 0 amide bonds. The SMILES string of the molecule is CC(C)CNCC(C)Cc1cc2cc(Cl)ccc2o1. The van der Waals surface area contributed by atoms with Crippen LogP contribution in [-0.2, 0) is 6.42 Å². The first-order valence-electron chi connectivity index (χ1n) is 6.93. The van der Waals surface area contributed by atoms with Crippen LogP contribution in [0.25, 0.3) is 11.0 Å². The molecule has 104 valence electrons. The highest BCUT2D eigenvalue weighted by Crippen LogP contribution is 2.24. The lowest BCUT2D eigenvalue weighted by Crippen LogP contribution is -2.26. The smallest absolute Gasteiger partial charge is 0.134 e. The number of nitrogens with one attached hydrogen (secondary N) is 1. The van der Waals surface area contributed by atoms with Crippen LogP contribution >= 0.6 is 11.6 Å². The van der Waals surface area contributed by atoms with Gasteiger partial charge < -0.3 is 9.73 Å². The summed E-state index contributed by atoms with van der Waals surface area (Å²) in [6.07, 6.45) is 0.956. The predicted octanol–water partition coefficient (Wildman–Crippen LogP) is 4.51. The van der Waals surface area contributed by atoms with Crippen LogP contribution in [-0.4, -0.2) is 13.1 Å². The molecule has 0 saturated carbocycles. The second-order valence-corrected chi connectivity index (χ2v) is 6.19. The summed E-state index contributed by atoms with van der Waals surface area (Å²) >= 11 is 5.98. The third kappa shape index (κ3) is 4.26. The fraction of sp³-hybridized carbons (Fsp3) is 0.500. The highest BCUT2D eigenvalue weighted by atomic mass is 35.5. The van der Waals surface area contributed by atoms with E-state index in [4.69, 9.17) is 16.0 Å². The minimum atomic E-state index is 0.565. The Morgan fingerprint density at radius 2 is 1.95 bits per heavy atom. The van der Waals surface area contributed by atoms with Crippen molar-refractivity contribution in [3.8, 4) is 0 Å². The van der Waals surface area contributed by atoms with Crippen LogP contribution < -0.4 is 5.32 Å². The molecule has 0 fully saturated rings. The first-order chi connectivity index (χ1) is 9.04. The molecule has 0 radical (unpaired) electrons. The van der Waals surface area contributed by atoms with E-state index in [1.807, 2.05) is 18.2 Å². The summed E-state index contributed by atoms with van der Waals surface area (Å²) in [5.74, 6) is 2.30. The van der Waals surface area contributed by atoms with E-state index in [9.17, 15) is 0 Å². The van der Waals surface area contributed by atoms with Crippen LogP contribution in [0.5, 0.6) is 0 Å². The average molecular weight is 280 g/mol. The molecule has 2 aromatic rings. The van der Waals surface area contributed by atoms with Crippen molar-refractivity contribution < 1.29 is 4.42 Å². The van der Waals surface area contributed by atoms with Crippen LogP contribution in [0.1, 0.15) is 26.5 Å². The van der Waals surface area contributed by atoms with E-state index in [1.165, 1.54) is 0 Å². The van der Waals surface area contributed by atoms with Crippen molar-refractivity contribution in [2.45, 2.75) is 27.2 Å². The first kappa shape index (κ1) is 14.4. The topological polar surface area (TPSA) is 25.2 Å². The van der Waals surface area contributed by atoms with Gasteiger partial charge in [0.1, 0.15) is 11.3 Å². The maximum atomic E-state index is 5.98. The van der Waals surface area contributed by atoms with Gasteiger partial charge in [-0.25, -0.2) is 0 Å². The van der Waals surface area contributed by atoms with E-state index >= 15 is 0 Å². The fourth-order valence-electron chi connectivity index (χ4n) is 2.20. The summed E-state index contributed by atoms with van der Waals surface area (Å²) < 4.78 is 5.83. The van der Waals surface area contributed by atoms with Crippen LogP contribution in [0.4, 0.5) is 0 Å². The van der Waals surface area contributed by atoms with Gasteiger partial charge in [0.2, 0.25) is 0 Å². The molecule has 1 unspecified atom stereocenters. The third-order valence-corrected chi connectivity index (χ3v) is 3.36. The zero-order valence-electron chi connectivity index (χ0n) is 11.9. The number of halogens is 1. The summed E-state index contributed by atoms with van der Waals surface area (Å²) in [4.78, 5) is 0. The lowest BCUT2D eigenvalue weighted by atomic mass is 10.1. The molecular formula is C16H22ClNO. The van der Waals surface area contributed by atoms with E-state index in [2.05, 4.69) is 32.2 Å². The van der Waals surface area contributed by atoms with Crippen molar-refractivity contribution in [2.24, 2.45) is 11.8 Å². The minimum Gasteiger partial charge on any atom is -0.461 e. The quantitative estimate of drug-likeness (QED) is 0.842. The Balaban J connectivity index is 1.93. The van der Waals surface area contributed by atoms with Gasteiger partial charge in [-0.2, -0.15) is 0 Å². The molecule has 0 aliphatic rings. The molecule has 3 heteroatoms. The van der Waals surface area contributed by atoms with Crippen molar-refractivity contribution in [2.75, 3.05) is 13.1 Å². The number of furan rings is 1. The molecule has 1 aromatic heterocycles. The van der Waals surface area contributed by atoms with Crippen molar-refractivity contribution in [1.29, 1.82) is 0 Å². The van der Waals surface area contributed by atoms with Gasteiger partial charge in [-0.05, 0) is 49.2 Å². The van der Waals surface area contributed by atoms with E-state index in [0.29, 0.717) is 11.8 Å². The molecule has 0 bridgehead atoms. The maximum Gasteiger partial charge on any atom is 0.134 e. The molecule has 1 atom stereocenters. The molecule has 1 aromatic carbocycles. The Hall–Kier alpha value is -0.990. The summed E-state index contributed by atoms with van der Waals surface area (Å²) in [7, 11) is 0. The third-order valence-electron chi connectivity index (χ3n) is 3.12. The molecule has 0 aliphatic heterocycles. The largest absolute Gasteiger partial charge is 0.461 e. The zero-order valence-corrected chi connectivity index (χ0v) is 12.6. The van der Waals surface area contributed by atoms with Gasteiger partial charge in [0.05, 0.1) is 0 Å². The zero-order chi connectivity index (χ0) is 13.8. The minimum absolute atomic E-state index is 0.565. The van der Waals surface area contributed by atoms with E-state index in [1.54, 1.807) is 0 Å². The fourth-order valence-corrected chi connectivity index (χ4v) is 2.38. The highest BCUT2D eigenvalue weighted by Gasteiger charge is 2.09. The number of hydrogen-bond donors (Lipinski definition) is 1. The molecule has 1 N–H and O–H groups in total. The second kappa shape index (κ2) is 6.44. The normalized spacial score (nSPS) is 13.3. The molecule has 0 spiro atoms. The Bertz CT molecular complexity index is 533. The van der Waals surface area contributed by atoms with Crippen LogP contribution in [0.2, 0.25) is 5.02 Å². The average Bonchev–Trinajstić information content (AvgIpc) is 2.69. The number of hydrogen-bond acceptors (Lipinski definition) is 2. The molecule has 0 saturated heterocycles. The monoisotopic (exact) mass is 279 g/mol. The Morgan fingerprint density at radius 3 is 2.68 bits per heavy atom. The van der Waals surface area contributed by atoms with E-state index in [0.717, 1.165) is 41.3 Å². The number of benzene rings is 1. The summed E-state index contributed by atoms with van der Waals surface area (Å²) in [5, 5.41) is 5.33. The van der Waals surface area contributed by atoms with Gasteiger partial charge in [-0.3, -0.25) is 0 Å². The number of rotatable bonds is 6. The highest BCUT2D eigenvalue weighted by molar-refractivity contribution is 6.31. The predicted molar refractivity (Wildman–Crippen MR) is 81.8 cm³/mol. The van der Waals surface area contributed by atoms with Crippen molar-refractivity contribution >= 4 is 22.6 Å². The van der Waals surface area contributed by atoms with Crippen molar-refractivity contribution in [1.82, 2.24) is 5.32 Å². The Kier molecular flexibility index (Phi) is 4.89. The van der Waals surface area contributed by atoms with E-state index in [-0.39, 0.29) is 0 Å². The standard InChI is InChI=1S/C16H22ClNO/c1-11(2)9-18-10-12(3)6-15-8-13-7-14(17)4-5-16(13)19-15/h4-5,7-8,11-12,18H,6,9-10H2,1-3H3. The van der Waals surface area contributed by atoms with Crippen molar-refractivity contribution in [3.05, 3.63) is 35.0 Å². The molecule has 0 aliphatic carbocycles. The van der Waals surface area contributed by atoms with Gasteiger partial charge in [0.15, 0.2) is 0 Å². The van der Waals surface area contributed by atoms with Gasteiger partial charge in [-0.15, -0.1) is 0 Å². The van der Waals surface area contributed by atoms with Gasteiger partial charge in [0, 0.05) is 16.8 Å². The van der Waals surface area contributed by atoms with E-state index < -0.39 is 0 Å². The van der Waals surface area contributed by atoms with Crippen LogP contribution in [0.15, 0.2) is 28.7 Å². The first-order valence-corrected chi connectivity index (χ1v) is 7.31. The lowest BCUT2D eigenvalue weighted by Gasteiger charge is -2.12. The second-order valence-electron chi connectivity index (χ2n) is 5.76. The van der Waals surface area contributed by atoms with Crippen LogP contribution in [0.3, 0.4) is 0 Å². The van der Waals surface area contributed by atoms with Crippen molar-refractivity contribution in [3.63, 3.8) is 0 Å². The summed E-state index contributed by atoms with van der Waals surface area (Å²) in [6, 6.07) is 7.85. The Morgan fingerprint density at radius 1 is 1.16 bits per heavy atom.